The van der Waals surface area contributed by atoms with Gasteiger partial charge < -0.3 is 9.88 Å². The van der Waals surface area contributed by atoms with Gasteiger partial charge in [-0.05, 0) is 24.4 Å². The molecule has 2 nitrogen and oxygen atoms in total. The summed E-state index contributed by atoms with van der Waals surface area (Å²) in [4.78, 5) is 0. The molecule has 0 aliphatic carbocycles. The second kappa shape index (κ2) is 4.71. The molecule has 0 spiro atoms. The van der Waals surface area contributed by atoms with E-state index in [0.717, 1.165) is 13.1 Å². The van der Waals surface area contributed by atoms with E-state index in [0.29, 0.717) is 6.04 Å². The Hall–Kier alpha value is -1.28. The Bertz CT molecular complexity index is 469. The average molecular weight is 216 g/mol. The first-order chi connectivity index (χ1) is 7.72. The van der Waals surface area contributed by atoms with Gasteiger partial charge in [0.15, 0.2) is 0 Å². The molecule has 86 valence electrons. The van der Waals surface area contributed by atoms with Gasteiger partial charge in [0, 0.05) is 30.3 Å². The number of benzene rings is 1. The lowest BCUT2D eigenvalue weighted by Crippen LogP contribution is -2.23. The first-order valence-electron chi connectivity index (χ1n) is 6.03. The van der Waals surface area contributed by atoms with Gasteiger partial charge in [0.25, 0.3) is 0 Å². The van der Waals surface area contributed by atoms with E-state index >= 15 is 0 Å². The molecule has 1 N–H and O–H groups in total. The molecule has 2 heteroatoms. The quantitative estimate of drug-likeness (QED) is 0.830. The highest BCUT2D eigenvalue weighted by Crippen LogP contribution is 2.19. The molecule has 1 aromatic heterocycles. The van der Waals surface area contributed by atoms with E-state index in [1.807, 2.05) is 0 Å². The lowest BCUT2D eigenvalue weighted by molar-refractivity contribution is 0.564. The predicted molar refractivity (Wildman–Crippen MR) is 69.6 cm³/mol. The molecule has 0 bridgehead atoms. The van der Waals surface area contributed by atoms with Gasteiger partial charge in [0.2, 0.25) is 0 Å². The molecule has 1 heterocycles. The van der Waals surface area contributed by atoms with Gasteiger partial charge in [0.1, 0.15) is 0 Å². The number of nitrogens with zero attached hydrogens (tertiary/aromatic N) is 1. The molecule has 0 radical (unpaired) electrons. The normalized spacial score (nSPS) is 11.5. The van der Waals surface area contributed by atoms with Crippen molar-refractivity contribution in [3.63, 3.8) is 0 Å². The standard InChI is InChI=1S/C14H20N2/c1-4-16-13(10-15-11(2)3)9-12-7-5-6-8-14(12)16/h5-9,11,15H,4,10H2,1-3H3. The Kier molecular flexibility index (Phi) is 3.30. The Morgan fingerprint density at radius 1 is 1.25 bits per heavy atom. The smallest absolute Gasteiger partial charge is 0.0482 e. The first kappa shape index (κ1) is 11.2. The largest absolute Gasteiger partial charge is 0.344 e. The van der Waals surface area contributed by atoms with E-state index in [1.54, 1.807) is 0 Å². The zero-order valence-electron chi connectivity index (χ0n) is 10.3. The third-order valence-corrected chi connectivity index (χ3v) is 2.90. The zero-order chi connectivity index (χ0) is 11.5. The molecule has 2 aromatic rings. The Morgan fingerprint density at radius 3 is 2.69 bits per heavy atom. The highest BCUT2D eigenvalue weighted by Gasteiger charge is 2.06. The van der Waals surface area contributed by atoms with Crippen LogP contribution in [0.2, 0.25) is 0 Å². The van der Waals surface area contributed by atoms with Gasteiger partial charge in [-0.15, -0.1) is 0 Å². The van der Waals surface area contributed by atoms with Crippen molar-refractivity contribution in [2.45, 2.75) is 39.9 Å². The van der Waals surface area contributed by atoms with E-state index in [9.17, 15) is 0 Å². The predicted octanol–water partition coefficient (Wildman–Crippen LogP) is 3.16. The Balaban J connectivity index is 2.36. The van der Waals surface area contributed by atoms with Gasteiger partial charge in [-0.25, -0.2) is 0 Å². The summed E-state index contributed by atoms with van der Waals surface area (Å²) in [5.41, 5.74) is 2.71. The number of nitrogens with one attached hydrogen (secondary N) is 1. The third-order valence-electron chi connectivity index (χ3n) is 2.90. The van der Waals surface area contributed by atoms with Gasteiger partial charge in [-0.3, -0.25) is 0 Å². The van der Waals surface area contributed by atoms with Crippen molar-refractivity contribution in [2.75, 3.05) is 0 Å². The Labute approximate surface area is 97.3 Å². The summed E-state index contributed by atoms with van der Waals surface area (Å²) in [6, 6.07) is 11.4. The van der Waals surface area contributed by atoms with Crippen LogP contribution in [0.5, 0.6) is 0 Å². The summed E-state index contributed by atoms with van der Waals surface area (Å²) in [7, 11) is 0. The summed E-state index contributed by atoms with van der Waals surface area (Å²) in [5, 5.41) is 4.81. The van der Waals surface area contributed by atoms with Crippen LogP contribution in [-0.4, -0.2) is 10.6 Å². The molecule has 0 aliphatic heterocycles. The van der Waals surface area contributed by atoms with Crippen LogP contribution in [0, 0.1) is 0 Å². The van der Waals surface area contributed by atoms with Crippen molar-refractivity contribution in [1.82, 2.24) is 9.88 Å². The molecule has 0 atom stereocenters. The van der Waals surface area contributed by atoms with Gasteiger partial charge >= 0.3 is 0 Å². The zero-order valence-corrected chi connectivity index (χ0v) is 10.3. The second-order valence-corrected chi connectivity index (χ2v) is 4.47. The van der Waals surface area contributed by atoms with Crippen LogP contribution < -0.4 is 5.32 Å². The molecule has 0 aliphatic rings. The monoisotopic (exact) mass is 216 g/mol. The third kappa shape index (κ3) is 2.12. The van der Waals surface area contributed by atoms with Crippen LogP contribution in [0.25, 0.3) is 10.9 Å². The van der Waals surface area contributed by atoms with E-state index in [1.165, 1.54) is 16.6 Å². The molecule has 0 saturated carbocycles. The molecule has 1 aromatic carbocycles. The van der Waals surface area contributed by atoms with Crippen molar-refractivity contribution in [1.29, 1.82) is 0 Å². The number of hydrogen-bond donors (Lipinski definition) is 1. The molecular formula is C14H20N2. The number of para-hydroxylation sites is 1. The molecule has 0 amide bonds. The highest BCUT2D eigenvalue weighted by molar-refractivity contribution is 5.81. The summed E-state index contributed by atoms with van der Waals surface area (Å²) < 4.78 is 2.38. The van der Waals surface area contributed by atoms with Crippen LogP contribution in [0.1, 0.15) is 26.5 Å². The van der Waals surface area contributed by atoms with Crippen molar-refractivity contribution in [3.8, 4) is 0 Å². The number of rotatable bonds is 4. The van der Waals surface area contributed by atoms with Crippen molar-refractivity contribution in [2.24, 2.45) is 0 Å². The Morgan fingerprint density at radius 2 is 2.00 bits per heavy atom. The minimum absolute atomic E-state index is 0.531. The molecular weight excluding hydrogens is 196 g/mol. The van der Waals surface area contributed by atoms with Crippen molar-refractivity contribution >= 4 is 10.9 Å². The maximum Gasteiger partial charge on any atom is 0.0482 e. The average Bonchev–Trinajstić information content (AvgIpc) is 2.63. The summed E-state index contributed by atoms with van der Waals surface area (Å²) in [6.45, 7) is 8.53. The van der Waals surface area contributed by atoms with Crippen LogP contribution in [0.3, 0.4) is 0 Å². The van der Waals surface area contributed by atoms with E-state index < -0.39 is 0 Å². The van der Waals surface area contributed by atoms with Gasteiger partial charge in [0.05, 0.1) is 0 Å². The number of aryl methyl sites for hydroxylation is 1. The summed E-state index contributed by atoms with van der Waals surface area (Å²) >= 11 is 0. The lowest BCUT2D eigenvalue weighted by Gasteiger charge is -2.11. The fraction of sp³-hybridized carbons (Fsp3) is 0.429. The van der Waals surface area contributed by atoms with E-state index in [-0.39, 0.29) is 0 Å². The minimum Gasteiger partial charge on any atom is -0.344 e. The first-order valence-corrected chi connectivity index (χ1v) is 6.03. The molecule has 0 unspecified atom stereocenters. The van der Waals surface area contributed by atoms with Crippen LogP contribution in [-0.2, 0) is 13.1 Å². The maximum absolute atomic E-state index is 3.48. The number of hydrogen-bond acceptors (Lipinski definition) is 1. The summed E-state index contributed by atoms with van der Waals surface area (Å²) in [5.74, 6) is 0. The number of aromatic nitrogens is 1. The van der Waals surface area contributed by atoms with Crippen LogP contribution in [0.4, 0.5) is 0 Å². The molecule has 2 rings (SSSR count). The van der Waals surface area contributed by atoms with E-state index in [2.05, 4.69) is 61.0 Å². The fourth-order valence-electron chi connectivity index (χ4n) is 2.10. The highest BCUT2D eigenvalue weighted by atomic mass is 15.0. The van der Waals surface area contributed by atoms with Gasteiger partial charge in [-0.2, -0.15) is 0 Å². The SMILES string of the molecule is CCn1c(CNC(C)C)cc2ccccc21. The summed E-state index contributed by atoms with van der Waals surface area (Å²) in [6.07, 6.45) is 0. The van der Waals surface area contributed by atoms with Gasteiger partial charge in [-0.1, -0.05) is 32.0 Å². The molecule has 16 heavy (non-hydrogen) atoms. The van der Waals surface area contributed by atoms with Crippen LogP contribution in [0.15, 0.2) is 30.3 Å². The van der Waals surface area contributed by atoms with E-state index in [4.69, 9.17) is 0 Å². The topological polar surface area (TPSA) is 17.0 Å². The minimum atomic E-state index is 0.531. The maximum atomic E-state index is 3.48. The second-order valence-electron chi connectivity index (χ2n) is 4.47. The van der Waals surface area contributed by atoms with Crippen molar-refractivity contribution < 1.29 is 0 Å². The van der Waals surface area contributed by atoms with Crippen molar-refractivity contribution in [3.05, 3.63) is 36.0 Å². The number of fused-ring (bicyclic) bond motifs is 1. The molecule has 0 fully saturated rings. The lowest BCUT2D eigenvalue weighted by atomic mass is 10.2. The van der Waals surface area contributed by atoms with Crippen LogP contribution >= 0.6 is 0 Å². The molecule has 0 saturated heterocycles. The fourth-order valence-corrected chi connectivity index (χ4v) is 2.10.